The van der Waals surface area contributed by atoms with E-state index in [0.717, 1.165) is 11.6 Å². The topological polar surface area (TPSA) is 68.0 Å². The number of pyridine rings is 1. The second-order valence-corrected chi connectivity index (χ2v) is 6.85. The Balaban J connectivity index is 1.62. The maximum absolute atomic E-state index is 13.2. The number of anilines is 1. The van der Waals surface area contributed by atoms with Crippen LogP contribution in [0.15, 0.2) is 48.8 Å². The maximum atomic E-state index is 13.2. The quantitative estimate of drug-likeness (QED) is 0.478. The van der Waals surface area contributed by atoms with Gasteiger partial charge in [-0.15, -0.1) is 10.2 Å². The molecule has 0 amide bonds. The molecule has 0 unspecified atom stereocenters. The summed E-state index contributed by atoms with van der Waals surface area (Å²) in [5.74, 6) is 0.328. The molecule has 3 heterocycles. The van der Waals surface area contributed by atoms with Gasteiger partial charge in [-0.25, -0.2) is 0 Å². The average molecular weight is 439 g/mol. The highest BCUT2D eigenvalue weighted by atomic mass is 35.5. The van der Waals surface area contributed by atoms with Gasteiger partial charge < -0.3 is 5.32 Å². The standard InChI is InChI=1S/C18H11Cl2F3N6/c19-13-4-3-10(6-14(13)20)8-25-17-28-27-15-7-11(9-26-29(15)17)16-12(18(21,22)23)2-1-5-24-16/h1-7,9H,8H2,(H,25,28). The minimum Gasteiger partial charge on any atom is -0.349 e. The highest BCUT2D eigenvalue weighted by Crippen LogP contribution is 2.35. The number of halogens is 5. The van der Waals surface area contributed by atoms with Crippen LogP contribution < -0.4 is 5.32 Å². The molecule has 0 fully saturated rings. The van der Waals surface area contributed by atoms with E-state index in [0.29, 0.717) is 22.5 Å². The van der Waals surface area contributed by atoms with Crippen molar-refractivity contribution in [3.63, 3.8) is 0 Å². The van der Waals surface area contributed by atoms with Crippen LogP contribution in [0.5, 0.6) is 0 Å². The van der Waals surface area contributed by atoms with Crippen molar-refractivity contribution in [2.75, 3.05) is 5.32 Å². The van der Waals surface area contributed by atoms with Gasteiger partial charge in [0, 0.05) is 18.3 Å². The van der Waals surface area contributed by atoms with E-state index in [4.69, 9.17) is 23.2 Å². The summed E-state index contributed by atoms with van der Waals surface area (Å²) < 4.78 is 41.1. The summed E-state index contributed by atoms with van der Waals surface area (Å²) in [7, 11) is 0. The van der Waals surface area contributed by atoms with Gasteiger partial charge in [-0.1, -0.05) is 29.3 Å². The Morgan fingerprint density at radius 3 is 2.62 bits per heavy atom. The van der Waals surface area contributed by atoms with Crippen molar-refractivity contribution in [1.29, 1.82) is 0 Å². The van der Waals surface area contributed by atoms with E-state index in [1.165, 1.54) is 29.0 Å². The molecule has 0 aliphatic heterocycles. The number of fused-ring (bicyclic) bond motifs is 1. The summed E-state index contributed by atoms with van der Waals surface area (Å²) in [4.78, 5) is 3.86. The van der Waals surface area contributed by atoms with Crippen LogP contribution in [0, 0.1) is 0 Å². The van der Waals surface area contributed by atoms with Crippen molar-refractivity contribution in [1.82, 2.24) is 24.8 Å². The molecule has 1 aromatic carbocycles. The molecule has 6 nitrogen and oxygen atoms in total. The Labute approximate surface area is 172 Å². The predicted octanol–water partition coefficient (Wildman–Crippen LogP) is 5.12. The molecule has 0 saturated carbocycles. The molecular formula is C18H11Cl2F3N6. The number of hydrogen-bond donors (Lipinski definition) is 1. The van der Waals surface area contributed by atoms with Crippen LogP contribution in [0.2, 0.25) is 10.0 Å². The van der Waals surface area contributed by atoms with Gasteiger partial charge in [0.1, 0.15) is 0 Å². The average Bonchev–Trinajstić information content (AvgIpc) is 3.10. The van der Waals surface area contributed by atoms with Crippen LogP contribution in [0.1, 0.15) is 11.1 Å². The van der Waals surface area contributed by atoms with Crippen molar-refractivity contribution in [3.8, 4) is 11.3 Å². The third-order valence-corrected chi connectivity index (χ3v) is 4.82. The fourth-order valence-electron chi connectivity index (χ4n) is 2.73. The molecule has 0 aliphatic rings. The highest BCUT2D eigenvalue weighted by molar-refractivity contribution is 6.42. The molecule has 11 heteroatoms. The number of nitrogens with one attached hydrogen (secondary N) is 1. The number of alkyl halides is 3. The fraction of sp³-hybridized carbons (Fsp3) is 0.111. The lowest BCUT2D eigenvalue weighted by molar-refractivity contribution is -0.137. The molecule has 4 rings (SSSR count). The molecule has 148 valence electrons. The first-order valence-corrected chi connectivity index (χ1v) is 9.00. The van der Waals surface area contributed by atoms with E-state index in [9.17, 15) is 13.2 Å². The molecule has 0 atom stereocenters. The molecule has 0 saturated heterocycles. The zero-order chi connectivity index (χ0) is 20.6. The Morgan fingerprint density at radius 2 is 1.86 bits per heavy atom. The number of benzene rings is 1. The molecule has 1 N–H and O–H groups in total. The van der Waals surface area contributed by atoms with Gasteiger partial charge >= 0.3 is 6.18 Å². The Kier molecular flexibility index (Phi) is 5.01. The first-order valence-electron chi connectivity index (χ1n) is 8.25. The van der Waals surface area contributed by atoms with Crippen molar-refractivity contribution in [3.05, 3.63) is 70.0 Å². The van der Waals surface area contributed by atoms with Crippen LogP contribution in [0.25, 0.3) is 16.9 Å². The molecule has 0 aliphatic carbocycles. The SMILES string of the molecule is FC(F)(F)c1cccnc1-c1cnn2c(NCc3ccc(Cl)c(Cl)c3)nnc2c1. The van der Waals surface area contributed by atoms with Crippen LogP contribution in [0.4, 0.5) is 19.1 Å². The van der Waals surface area contributed by atoms with Gasteiger partial charge in [-0.2, -0.15) is 22.8 Å². The van der Waals surface area contributed by atoms with E-state index in [1.54, 1.807) is 18.2 Å². The third kappa shape index (κ3) is 3.96. The molecule has 0 bridgehead atoms. The minimum atomic E-state index is -4.53. The van der Waals surface area contributed by atoms with E-state index in [1.807, 2.05) is 0 Å². The largest absolute Gasteiger partial charge is 0.418 e. The number of nitrogens with zero attached hydrogens (tertiary/aromatic N) is 5. The number of rotatable bonds is 4. The molecule has 4 aromatic rings. The summed E-state index contributed by atoms with van der Waals surface area (Å²) in [6.45, 7) is 0.375. The Hall–Kier alpha value is -2.91. The minimum absolute atomic E-state index is 0.189. The fourth-order valence-corrected chi connectivity index (χ4v) is 3.05. The van der Waals surface area contributed by atoms with E-state index < -0.39 is 11.7 Å². The van der Waals surface area contributed by atoms with Gasteiger partial charge in [-0.05, 0) is 35.9 Å². The predicted molar refractivity (Wildman–Crippen MR) is 103 cm³/mol. The van der Waals surface area contributed by atoms with Gasteiger partial charge in [0.15, 0.2) is 5.65 Å². The monoisotopic (exact) mass is 438 g/mol. The summed E-state index contributed by atoms with van der Waals surface area (Å²) in [5.41, 5.74) is 0.259. The van der Waals surface area contributed by atoms with Crippen molar-refractivity contribution in [2.45, 2.75) is 12.7 Å². The van der Waals surface area contributed by atoms with Gasteiger partial charge in [-0.3, -0.25) is 4.98 Å². The highest BCUT2D eigenvalue weighted by Gasteiger charge is 2.34. The van der Waals surface area contributed by atoms with E-state index in [2.05, 4.69) is 25.6 Å². The third-order valence-electron chi connectivity index (χ3n) is 4.08. The Bertz CT molecular complexity index is 1190. The zero-order valence-corrected chi connectivity index (χ0v) is 16.0. The second-order valence-electron chi connectivity index (χ2n) is 6.04. The molecule has 3 aromatic heterocycles. The summed E-state index contributed by atoms with van der Waals surface area (Å²) in [6, 6.07) is 8.85. The van der Waals surface area contributed by atoms with Gasteiger partial charge in [0.2, 0.25) is 5.95 Å². The summed E-state index contributed by atoms with van der Waals surface area (Å²) >= 11 is 11.9. The Morgan fingerprint density at radius 1 is 1.03 bits per heavy atom. The lowest BCUT2D eigenvalue weighted by Gasteiger charge is -2.11. The first-order chi connectivity index (χ1) is 13.8. The lowest BCUT2D eigenvalue weighted by Crippen LogP contribution is -2.09. The summed E-state index contributed by atoms with van der Waals surface area (Å²) in [5, 5.41) is 16.1. The smallest absolute Gasteiger partial charge is 0.349 e. The molecular weight excluding hydrogens is 428 g/mol. The lowest BCUT2D eigenvalue weighted by atomic mass is 10.1. The molecule has 0 spiro atoms. The van der Waals surface area contributed by atoms with Crippen LogP contribution >= 0.6 is 23.2 Å². The van der Waals surface area contributed by atoms with Crippen molar-refractivity contribution >= 4 is 34.8 Å². The number of aromatic nitrogens is 5. The van der Waals surface area contributed by atoms with E-state index in [-0.39, 0.29) is 16.9 Å². The van der Waals surface area contributed by atoms with Crippen LogP contribution in [0.3, 0.4) is 0 Å². The van der Waals surface area contributed by atoms with Gasteiger partial charge in [0.05, 0.1) is 27.5 Å². The van der Waals surface area contributed by atoms with E-state index >= 15 is 0 Å². The molecule has 29 heavy (non-hydrogen) atoms. The molecule has 0 radical (unpaired) electrons. The van der Waals surface area contributed by atoms with Crippen LogP contribution in [-0.2, 0) is 12.7 Å². The van der Waals surface area contributed by atoms with Crippen LogP contribution in [-0.4, -0.2) is 24.8 Å². The van der Waals surface area contributed by atoms with Crippen molar-refractivity contribution in [2.24, 2.45) is 0 Å². The first kappa shape index (κ1) is 19.4. The van der Waals surface area contributed by atoms with Gasteiger partial charge in [0.25, 0.3) is 0 Å². The maximum Gasteiger partial charge on any atom is 0.418 e. The zero-order valence-electron chi connectivity index (χ0n) is 14.5. The normalized spacial score (nSPS) is 11.8. The second kappa shape index (κ2) is 7.49. The van der Waals surface area contributed by atoms with Crippen molar-refractivity contribution < 1.29 is 13.2 Å². The number of hydrogen-bond acceptors (Lipinski definition) is 5. The summed E-state index contributed by atoms with van der Waals surface area (Å²) in [6.07, 6.45) is -1.95.